The number of piperidine rings is 1. The van der Waals surface area contributed by atoms with E-state index in [9.17, 15) is 0 Å². The Morgan fingerprint density at radius 2 is 2.16 bits per heavy atom. The summed E-state index contributed by atoms with van der Waals surface area (Å²) in [5, 5.41) is 7.85. The maximum atomic E-state index is 6.16. The Morgan fingerprint density at radius 3 is 2.80 bits per heavy atom. The largest absolute Gasteiger partial charge is 0.356 e. The normalized spacial score (nSPS) is 22.8. The summed E-state index contributed by atoms with van der Waals surface area (Å²) in [7, 11) is 4.06. The number of nitrogens with zero attached hydrogens (tertiary/aromatic N) is 2. The number of rotatable bonds is 5. The molecule has 25 heavy (non-hydrogen) atoms. The zero-order chi connectivity index (χ0) is 17.0. The van der Waals surface area contributed by atoms with Crippen LogP contribution < -0.4 is 10.6 Å². The van der Waals surface area contributed by atoms with E-state index in [1.807, 2.05) is 19.2 Å². The SMILES string of the molecule is CN=C(NCC1CCCN(C)C1)NCC1(c2cccc(Cl)c2)CC1.I. The van der Waals surface area contributed by atoms with Crippen LogP contribution in [0.5, 0.6) is 0 Å². The third kappa shape index (κ3) is 5.73. The van der Waals surface area contributed by atoms with Gasteiger partial charge in [0, 0.05) is 37.1 Å². The number of halogens is 2. The minimum absolute atomic E-state index is 0. The van der Waals surface area contributed by atoms with Gasteiger partial charge in [-0.05, 0) is 62.9 Å². The Hall–Kier alpha value is -0.530. The van der Waals surface area contributed by atoms with Crippen LogP contribution in [0.25, 0.3) is 0 Å². The molecule has 0 bridgehead atoms. The number of nitrogens with one attached hydrogen (secondary N) is 2. The molecule has 1 saturated heterocycles. The highest BCUT2D eigenvalue weighted by atomic mass is 127. The van der Waals surface area contributed by atoms with E-state index in [2.05, 4.69) is 39.7 Å². The summed E-state index contributed by atoms with van der Waals surface area (Å²) in [5.41, 5.74) is 1.57. The lowest BCUT2D eigenvalue weighted by atomic mass is 9.96. The molecule has 1 aliphatic heterocycles. The predicted molar refractivity (Wildman–Crippen MR) is 117 cm³/mol. The number of aliphatic imine (C=N–C) groups is 1. The van der Waals surface area contributed by atoms with E-state index in [1.54, 1.807) is 0 Å². The molecular weight excluding hydrogens is 447 g/mol. The Morgan fingerprint density at radius 1 is 1.36 bits per heavy atom. The molecule has 3 rings (SSSR count). The Labute approximate surface area is 173 Å². The highest BCUT2D eigenvalue weighted by Crippen LogP contribution is 2.48. The van der Waals surface area contributed by atoms with Crippen LogP contribution in [-0.2, 0) is 5.41 Å². The van der Waals surface area contributed by atoms with E-state index in [0.717, 1.165) is 24.1 Å². The fraction of sp³-hybridized carbons (Fsp3) is 0.632. The zero-order valence-corrected chi connectivity index (χ0v) is 18.3. The molecule has 1 atom stereocenters. The third-order valence-electron chi connectivity index (χ3n) is 5.39. The summed E-state index contributed by atoms with van der Waals surface area (Å²) >= 11 is 6.16. The average molecular weight is 477 g/mol. The van der Waals surface area contributed by atoms with Crippen molar-refractivity contribution in [2.24, 2.45) is 10.9 Å². The van der Waals surface area contributed by atoms with E-state index >= 15 is 0 Å². The lowest BCUT2D eigenvalue weighted by Gasteiger charge is -2.30. The van der Waals surface area contributed by atoms with Crippen molar-refractivity contribution in [1.82, 2.24) is 15.5 Å². The van der Waals surface area contributed by atoms with E-state index in [0.29, 0.717) is 5.92 Å². The van der Waals surface area contributed by atoms with E-state index in [4.69, 9.17) is 11.6 Å². The predicted octanol–water partition coefficient (Wildman–Crippen LogP) is 3.50. The molecule has 1 aromatic carbocycles. The van der Waals surface area contributed by atoms with Gasteiger partial charge in [-0.1, -0.05) is 23.7 Å². The minimum atomic E-state index is 0. The molecular formula is C19H30ClIN4. The number of benzene rings is 1. The van der Waals surface area contributed by atoms with Gasteiger partial charge in [-0.3, -0.25) is 4.99 Å². The fourth-order valence-corrected chi connectivity index (χ4v) is 3.88. The summed E-state index contributed by atoms with van der Waals surface area (Å²) < 4.78 is 0. The number of guanidine groups is 1. The van der Waals surface area contributed by atoms with Gasteiger partial charge in [-0.2, -0.15) is 0 Å². The molecule has 0 aromatic heterocycles. The van der Waals surface area contributed by atoms with Gasteiger partial charge in [-0.15, -0.1) is 24.0 Å². The van der Waals surface area contributed by atoms with Crippen molar-refractivity contribution in [2.75, 3.05) is 40.3 Å². The monoisotopic (exact) mass is 476 g/mol. The molecule has 1 aliphatic carbocycles. The highest BCUT2D eigenvalue weighted by molar-refractivity contribution is 14.0. The van der Waals surface area contributed by atoms with Gasteiger partial charge in [0.15, 0.2) is 5.96 Å². The maximum Gasteiger partial charge on any atom is 0.191 e. The molecule has 4 nitrogen and oxygen atoms in total. The molecule has 1 aromatic rings. The lowest BCUT2D eigenvalue weighted by Crippen LogP contribution is -2.45. The van der Waals surface area contributed by atoms with Crippen LogP contribution in [0.1, 0.15) is 31.2 Å². The van der Waals surface area contributed by atoms with Crippen molar-refractivity contribution in [3.8, 4) is 0 Å². The maximum absolute atomic E-state index is 6.16. The van der Waals surface area contributed by atoms with Crippen molar-refractivity contribution < 1.29 is 0 Å². The van der Waals surface area contributed by atoms with Crippen LogP contribution in [-0.4, -0.2) is 51.1 Å². The van der Waals surface area contributed by atoms with Gasteiger partial charge in [0.05, 0.1) is 0 Å². The quantitative estimate of drug-likeness (QED) is 0.388. The smallest absolute Gasteiger partial charge is 0.191 e. The first-order valence-electron chi connectivity index (χ1n) is 9.00. The van der Waals surface area contributed by atoms with Gasteiger partial charge in [0.2, 0.25) is 0 Å². The minimum Gasteiger partial charge on any atom is -0.356 e. The van der Waals surface area contributed by atoms with E-state index in [1.165, 1.54) is 44.3 Å². The first-order valence-corrected chi connectivity index (χ1v) is 9.38. The zero-order valence-electron chi connectivity index (χ0n) is 15.2. The van der Waals surface area contributed by atoms with E-state index in [-0.39, 0.29) is 29.4 Å². The van der Waals surface area contributed by atoms with Gasteiger partial charge >= 0.3 is 0 Å². The fourth-order valence-electron chi connectivity index (χ4n) is 3.69. The second-order valence-electron chi connectivity index (χ2n) is 7.37. The highest BCUT2D eigenvalue weighted by Gasteiger charge is 2.44. The molecule has 2 N–H and O–H groups in total. The van der Waals surface area contributed by atoms with Crippen LogP contribution >= 0.6 is 35.6 Å². The molecule has 0 radical (unpaired) electrons. The molecule has 1 unspecified atom stereocenters. The lowest BCUT2D eigenvalue weighted by molar-refractivity contribution is 0.210. The third-order valence-corrected chi connectivity index (χ3v) is 5.62. The Balaban J connectivity index is 0.00000225. The van der Waals surface area contributed by atoms with Crippen LogP contribution in [0.3, 0.4) is 0 Å². The summed E-state index contributed by atoms with van der Waals surface area (Å²) in [4.78, 5) is 6.81. The van der Waals surface area contributed by atoms with E-state index < -0.39 is 0 Å². The standard InChI is InChI=1S/C19H29ClN4.HI/c1-21-18(22-12-15-5-4-10-24(2)13-15)23-14-19(8-9-19)16-6-3-7-17(20)11-16;/h3,6-7,11,15H,4-5,8-10,12-14H2,1-2H3,(H2,21,22,23);1H. The summed E-state index contributed by atoms with van der Waals surface area (Å²) in [6.45, 7) is 4.31. The van der Waals surface area contributed by atoms with Crippen molar-refractivity contribution in [3.63, 3.8) is 0 Å². The molecule has 140 valence electrons. The first-order chi connectivity index (χ1) is 11.6. The Bertz CT molecular complexity index is 589. The molecule has 6 heteroatoms. The van der Waals surface area contributed by atoms with Crippen molar-refractivity contribution in [3.05, 3.63) is 34.9 Å². The number of hydrogen-bond acceptors (Lipinski definition) is 2. The van der Waals surface area contributed by atoms with Crippen LogP contribution in [0.4, 0.5) is 0 Å². The average Bonchev–Trinajstić information content (AvgIpc) is 3.36. The van der Waals surface area contributed by atoms with Gasteiger partial charge < -0.3 is 15.5 Å². The van der Waals surface area contributed by atoms with Crippen molar-refractivity contribution >= 4 is 41.5 Å². The second-order valence-corrected chi connectivity index (χ2v) is 7.80. The topological polar surface area (TPSA) is 39.7 Å². The summed E-state index contributed by atoms with van der Waals surface area (Å²) in [5.74, 6) is 1.63. The number of hydrogen-bond donors (Lipinski definition) is 2. The molecule has 2 aliphatic rings. The first kappa shape index (κ1) is 20.8. The molecule has 0 amide bonds. The molecule has 1 heterocycles. The summed E-state index contributed by atoms with van der Waals surface area (Å²) in [6.07, 6.45) is 5.03. The van der Waals surface area contributed by atoms with Gasteiger partial charge in [0.1, 0.15) is 0 Å². The molecule has 1 saturated carbocycles. The van der Waals surface area contributed by atoms with Crippen LogP contribution in [0, 0.1) is 5.92 Å². The number of likely N-dealkylation sites (tertiary alicyclic amines) is 1. The molecule has 0 spiro atoms. The Kier molecular flexibility index (Phi) is 7.83. The second kappa shape index (κ2) is 9.42. The van der Waals surface area contributed by atoms with Crippen LogP contribution in [0.15, 0.2) is 29.3 Å². The van der Waals surface area contributed by atoms with Gasteiger partial charge in [-0.25, -0.2) is 0 Å². The summed E-state index contributed by atoms with van der Waals surface area (Å²) in [6, 6.07) is 8.28. The molecule has 2 fully saturated rings. The van der Waals surface area contributed by atoms with Gasteiger partial charge in [0.25, 0.3) is 0 Å². The van der Waals surface area contributed by atoms with Crippen molar-refractivity contribution in [1.29, 1.82) is 0 Å². The van der Waals surface area contributed by atoms with Crippen molar-refractivity contribution in [2.45, 2.75) is 31.1 Å². The van der Waals surface area contributed by atoms with Crippen LogP contribution in [0.2, 0.25) is 5.02 Å².